The molecule has 1 unspecified atom stereocenters. The molecule has 1 aliphatic rings. The van der Waals surface area contributed by atoms with Crippen molar-refractivity contribution in [1.82, 2.24) is 10.2 Å². The number of nitrogens with zero attached hydrogens (tertiary/aromatic N) is 3. The fourth-order valence-electron chi connectivity index (χ4n) is 2.92. The van der Waals surface area contributed by atoms with Crippen molar-refractivity contribution in [2.24, 2.45) is 10.9 Å². The molecule has 0 spiro atoms. The molecule has 1 atom stereocenters. The first-order valence-electron chi connectivity index (χ1n) is 8.99. The molecule has 1 aromatic carbocycles. The van der Waals surface area contributed by atoms with Gasteiger partial charge >= 0.3 is 6.03 Å². The van der Waals surface area contributed by atoms with Crippen LogP contribution in [0, 0.1) is 5.92 Å². The number of anilines is 1. The van der Waals surface area contributed by atoms with Gasteiger partial charge in [0.25, 0.3) is 5.91 Å². The molecule has 4 amide bonds. The Balaban J connectivity index is 2.19. The van der Waals surface area contributed by atoms with E-state index in [1.54, 1.807) is 31.2 Å². The van der Waals surface area contributed by atoms with Gasteiger partial charge in [0.2, 0.25) is 5.91 Å². The van der Waals surface area contributed by atoms with Crippen molar-refractivity contribution >= 4 is 29.2 Å². The van der Waals surface area contributed by atoms with Crippen molar-refractivity contribution in [3.63, 3.8) is 0 Å². The van der Waals surface area contributed by atoms with Crippen LogP contribution < -0.4 is 15.0 Å². The van der Waals surface area contributed by atoms with E-state index in [-0.39, 0.29) is 0 Å². The van der Waals surface area contributed by atoms with Gasteiger partial charge in [-0.15, -0.1) is 0 Å². The zero-order valence-corrected chi connectivity index (χ0v) is 16.2. The zero-order valence-electron chi connectivity index (χ0n) is 16.2. The number of amides is 4. The Labute approximate surface area is 159 Å². The van der Waals surface area contributed by atoms with Crippen molar-refractivity contribution in [2.75, 3.05) is 38.2 Å². The molecule has 1 saturated heterocycles. The number of likely N-dealkylation sites (N-methyl/N-ethyl adjacent to an activating group) is 1. The number of carbonyl (C=O) groups excluding carboxylic acids is 3. The summed E-state index contributed by atoms with van der Waals surface area (Å²) in [6.45, 7) is 8.83. The zero-order chi connectivity index (χ0) is 20.0. The number of aliphatic imine (C=N–C) groups is 1. The predicted molar refractivity (Wildman–Crippen MR) is 103 cm³/mol. The highest BCUT2D eigenvalue weighted by Gasteiger charge is 2.42. The van der Waals surface area contributed by atoms with Crippen LogP contribution in [0.1, 0.15) is 20.8 Å². The number of methoxy groups -OCH3 is 1. The maximum atomic E-state index is 12.9. The van der Waals surface area contributed by atoms with Gasteiger partial charge in [0.05, 0.1) is 19.3 Å². The van der Waals surface area contributed by atoms with E-state index in [0.717, 1.165) is 24.5 Å². The van der Waals surface area contributed by atoms with E-state index >= 15 is 0 Å². The molecule has 1 fully saturated rings. The number of hydrogen-bond donors (Lipinski definition) is 1. The highest BCUT2D eigenvalue weighted by atomic mass is 16.5. The maximum Gasteiger partial charge on any atom is 0.335 e. The molecular formula is C19H26N4O4. The standard InChI is InChI=1S/C19H26N4O4/c1-5-22(6-2)12-11-20-13(3)16-17(24)21-19(26)23(18(16)25)14-7-9-15(27-4)10-8-14/h7-10,16H,5-6,11-12H2,1-4H3,(H,21,24,26). The first-order valence-corrected chi connectivity index (χ1v) is 8.99. The smallest absolute Gasteiger partial charge is 0.335 e. The molecule has 146 valence electrons. The van der Waals surface area contributed by atoms with Crippen LogP contribution in [0.2, 0.25) is 0 Å². The number of barbiturate groups is 1. The SMILES string of the molecule is CCN(CC)CCN=C(C)C1C(=O)NC(=O)N(c2ccc(OC)cc2)C1=O. The van der Waals surface area contributed by atoms with Gasteiger partial charge in [0, 0.05) is 12.3 Å². The van der Waals surface area contributed by atoms with E-state index < -0.39 is 23.8 Å². The molecule has 1 heterocycles. The molecular weight excluding hydrogens is 348 g/mol. The first-order chi connectivity index (χ1) is 12.9. The first kappa shape index (κ1) is 20.6. The Bertz CT molecular complexity index is 726. The third-order valence-corrected chi connectivity index (χ3v) is 4.58. The molecule has 0 aromatic heterocycles. The number of nitrogens with one attached hydrogen (secondary N) is 1. The number of hydrogen-bond acceptors (Lipinski definition) is 6. The number of ether oxygens (including phenoxy) is 1. The second-order valence-corrected chi connectivity index (χ2v) is 6.15. The van der Waals surface area contributed by atoms with E-state index in [4.69, 9.17) is 4.74 Å². The van der Waals surface area contributed by atoms with Crippen LogP contribution in [-0.2, 0) is 9.59 Å². The lowest BCUT2D eigenvalue weighted by molar-refractivity contribution is -0.131. The van der Waals surface area contributed by atoms with Crippen LogP contribution in [0.4, 0.5) is 10.5 Å². The average molecular weight is 374 g/mol. The van der Waals surface area contributed by atoms with Crippen LogP contribution in [-0.4, -0.2) is 61.7 Å². The van der Waals surface area contributed by atoms with Crippen LogP contribution in [0.25, 0.3) is 0 Å². The number of imide groups is 2. The molecule has 8 heteroatoms. The number of rotatable bonds is 8. The Morgan fingerprint density at radius 3 is 2.37 bits per heavy atom. The third kappa shape index (κ3) is 4.71. The number of urea groups is 1. The summed E-state index contributed by atoms with van der Waals surface area (Å²) in [7, 11) is 1.53. The van der Waals surface area contributed by atoms with Crippen molar-refractivity contribution in [1.29, 1.82) is 0 Å². The summed E-state index contributed by atoms with van der Waals surface area (Å²) < 4.78 is 5.09. The second-order valence-electron chi connectivity index (χ2n) is 6.15. The van der Waals surface area contributed by atoms with E-state index in [1.807, 2.05) is 0 Å². The van der Waals surface area contributed by atoms with Crippen LogP contribution in [0.3, 0.4) is 0 Å². The Morgan fingerprint density at radius 2 is 1.81 bits per heavy atom. The second kappa shape index (κ2) is 9.27. The van der Waals surface area contributed by atoms with Gasteiger partial charge in [-0.3, -0.25) is 19.9 Å². The van der Waals surface area contributed by atoms with Crippen molar-refractivity contribution in [3.8, 4) is 5.75 Å². The molecule has 1 aliphatic heterocycles. The molecule has 0 saturated carbocycles. The summed E-state index contributed by atoms with van der Waals surface area (Å²) in [4.78, 5) is 44.9. The minimum atomic E-state index is -1.11. The highest BCUT2D eigenvalue weighted by Crippen LogP contribution is 2.24. The van der Waals surface area contributed by atoms with Crippen molar-refractivity contribution in [3.05, 3.63) is 24.3 Å². The van der Waals surface area contributed by atoms with E-state index in [1.165, 1.54) is 7.11 Å². The largest absolute Gasteiger partial charge is 0.497 e. The molecule has 8 nitrogen and oxygen atoms in total. The summed E-state index contributed by atoms with van der Waals surface area (Å²) in [5.74, 6) is -1.75. The lowest BCUT2D eigenvalue weighted by atomic mass is 9.99. The summed E-state index contributed by atoms with van der Waals surface area (Å²) in [5, 5.41) is 2.24. The normalized spacial score (nSPS) is 18.1. The fraction of sp³-hybridized carbons (Fsp3) is 0.474. The van der Waals surface area contributed by atoms with E-state index in [2.05, 4.69) is 29.1 Å². The topological polar surface area (TPSA) is 91.3 Å². The molecule has 2 rings (SSSR count). The minimum Gasteiger partial charge on any atom is -0.497 e. The van der Waals surface area contributed by atoms with Gasteiger partial charge in [-0.25, -0.2) is 9.69 Å². The van der Waals surface area contributed by atoms with Crippen molar-refractivity contribution < 1.29 is 19.1 Å². The monoisotopic (exact) mass is 374 g/mol. The average Bonchev–Trinajstić information content (AvgIpc) is 2.65. The lowest BCUT2D eigenvalue weighted by Crippen LogP contribution is -2.60. The summed E-state index contributed by atoms with van der Waals surface area (Å²) >= 11 is 0. The predicted octanol–water partition coefficient (Wildman–Crippen LogP) is 1.70. The van der Waals surface area contributed by atoms with Gasteiger partial charge in [0.15, 0.2) is 5.92 Å². The summed E-state index contributed by atoms with van der Waals surface area (Å²) in [6.07, 6.45) is 0. The molecule has 0 bridgehead atoms. The van der Waals surface area contributed by atoms with Crippen LogP contribution >= 0.6 is 0 Å². The number of carbonyl (C=O) groups is 3. The molecule has 1 N–H and O–H groups in total. The fourth-order valence-corrected chi connectivity index (χ4v) is 2.92. The van der Waals surface area contributed by atoms with Crippen LogP contribution in [0.5, 0.6) is 5.75 Å². The Kier molecular flexibility index (Phi) is 7.06. The van der Waals surface area contributed by atoms with Gasteiger partial charge in [-0.05, 0) is 44.3 Å². The molecule has 27 heavy (non-hydrogen) atoms. The molecule has 0 aliphatic carbocycles. The van der Waals surface area contributed by atoms with E-state index in [0.29, 0.717) is 23.7 Å². The summed E-state index contributed by atoms with van der Waals surface area (Å²) in [6, 6.07) is 5.72. The van der Waals surface area contributed by atoms with Crippen LogP contribution in [0.15, 0.2) is 29.3 Å². The van der Waals surface area contributed by atoms with E-state index in [9.17, 15) is 14.4 Å². The lowest BCUT2D eigenvalue weighted by Gasteiger charge is -2.30. The Morgan fingerprint density at radius 1 is 1.19 bits per heavy atom. The third-order valence-electron chi connectivity index (χ3n) is 4.58. The van der Waals surface area contributed by atoms with Gasteiger partial charge < -0.3 is 9.64 Å². The molecule has 1 aromatic rings. The van der Waals surface area contributed by atoms with Crippen molar-refractivity contribution in [2.45, 2.75) is 20.8 Å². The van der Waals surface area contributed by atoms with Gasteiger partial charge in [-0.1, -0.05) is 13.8 Å². The number of benzene rings is 1. The maximum absolute atomic E-state index is 12.9. The summed E-state index contributed by atoms with van der Waals surface area (Å²) in [5.41, 5.74) is 0.766. The Hall–Kier alpha value is -2.74. The highest BCUT2D eigenvalue weighted by molar-refractivity contribution is 6.35. The molecule has 0 radical (unpaired) electrons. The van der Waals surface area contributed by atoms with Gasteiger partial charge in [0.1, 0.15) is 5.75 Å². The van der Waals surface area contributed by atoms with Gasteiger partial charge in [-0.2, -0.15) is 0 Å². The quantitative estimate of drug-likeness (QED) is 0.552. The minimum absolute atomic E-state index is 0.367.